The van der Waals surface area contributed by atoms with E-state index in [1.165, 1.54) is 19.1 Å². The minimum atomic E-state index is -5.00. The number of halogens is 7. The van der Waals surface area contributed by atoms with E-state index in [0.717, 1.165) is 12.1 Å². The molecule has 1 heterocycles. The number of ether oxygens (including phenoxy) is 2. The van der Waals surface area contributed by atoms with E-state index in [0.29, 0.717) is 17.7 Å². The van der Waals surface area contributed by atoms with Crippen LogP contribution in [0.5, 0.6) is 0 Å². The van der Waals surface area contributed by atoms with Crippen molar-refractivity contribution in [2.75, 3.05) is 6.61 Å². The van der Waals surface area contributed by atoms with Gasteiger partial charge in [0.15, 0.2) is 6.29 Å². The molecular formula is C20H16F7NO3. The van der Waals surface area contributed by atoms with Crippen LogP contribution >= 0.6 is 0 Å². The number of benzene rings is 2. The lowest BCUT2D eigenvalue weighted by Crippen LogP contribution is -2.47. The first kappa shape index (κ1) is 23.0. The summed E-state index contributed by atoms with van der Waals surface area (Å²) in [6.45, 7) is 0.836. The molecule has 168 valence electrons. The van der Waals surface area contributed by atoms with Crippen molar-refractivity contribution in [3.05, 3.63) is 70.5 Å². The van der Waals surface area contributed by atoms with Crippen molar-refractivity contribution in [2.24, 2.45) is 0 Å². The molecule has 2 aromatic carbocycles. The smallest absolute Gasteiger partial charge is 0.342 e. The topological polar surface area (TPSA) is 47.6 Å². The minimum absolute atomic E-state index is 0.0227. The van der Waals surface area contributed by atoms with E-state index >= 15 is 0 Å². The van der Waals surface area contributed by atoms with Gasteiger partial charge in [-0.05, 0) is 48.4 Å². The number of hydrogen-bond acceptors (Lipinski definition) is 3. The molecule has 1 saturated heterocycles. The summed E-state index contributed by atoms with van der Waals surface area (Å²) in [6.07, 6.45) is -12.5. The third kappa shape index (κ3) is 5.53. The lowest BCUT2D eigenvalue weighted by molar-refractivity contribution is -0.204. The van der Waals surface area contributed by atoms with Gasteiger partial charge in [-0.25, -0.2) is 4.39 Å². The van der Waals surface area contributed by atoms with Crippen molar-refractivity contribution < 1.29 is 45.0 Å². The van der Waals surface area contributed by atoms with Crippen LogP contribution in [0, 0.1) is 5.82 Å². The van der Waals surface area contributed by atoms with Gasteiger partial charge in [-0.2, -0.15) is 26.3 Å². The van der Waals surface area contributed by atoms with E-state index in [2.05, 4.69) is 5.32 Å². The summed E-state index contributed by atoms with van der Waals surface area (Å²) >= 11 is 0. The summed E-state index contributed by atoms with van der Waals surface area (Å²) in [5.41, 5.74) is -2.94. The summed E-state index contributed by atoms with van der Waals surface area (Å²) < 4.78 is 103. The number of alkyl halides is 6. The van der Waals surface area contributed by atoms with Gasteiger partial charge < -0.3 is 14.8 Å². The standard InChI is InChI=1S/C20H16F7NO3/c1-10(12-6-13(19(22,23)24)8-14(7-12)20(25,26)27)31-18-17(28-16(29)9-30-18)11-2-4-15(21)5-3-11/h2-8,10,17-18H,9H2,1H3,(H,28,29)/t10-,17+,18-/m0/s1. The first-order valence-electron chi connectivity index (χ1n) is 8.96. The molecule has 3 atom stereocenters. The summed E-state index contributed by atoms with van der Waals surface area (Å²) in [5, 5.41) is 2.56. The van der Waals surface area contributed by atoms with Crippen molar-refractivity contribution in [3.8, 4) is 0 Å². The van der Waals surface area contributed by atoms with Gasteiger partial charge >= 0.3 is 12.4 Å². The second-order valence-electron chi connectivity index (χ2n) is 6.89. The minimum Gasteiger partial charge on any atom is -0.342 e. The van der Waals surface area contributed by atoms with Crippen LogP contribution in [0.3, 0.4) is 0 Å². The molecule has 1 aliphatic heterocycles. The molecule has 1 N–H and O–H groups in total. The number of nitrogens with one attached hydrogen (secondary N) is 1. The van der Waals surface area contributed by atoms with Gasteiger partial charge in [0.1, 0.15) is 18.5 Å². The fraction of sp³-hybridized carbons (Fsp3) is 0.350. The fourth-order valence-electron chi connectivity index (χ4n) is 3.06. The Bertz CT molecular complexity index is 909. The van der Waals surface area contributed by atoms with Crippen LogP contribution in [0.15, 0.2) is 42.5 Å². The molecule has 1 aliphatic rings. The molecule has 1 amide bonds. The quantitative estimate of drug-likeness (QED) is 0.654. The van der Waals surface area contributed by atoms with Crippen LogP contribution in [-0.4, -0.2) is 18.8 Å². The van der Waals surface area contributed by atoms with E-state index in [9.17, 15) is 35.5 Å². The van der Waals surface area contributed by atoms with Crippen LogP contribution in [0.1, 0.15) is 41.3 Å². The van der Waals surface area contributed by atoms with E-state index in [-0.39, 0.29) is 11.6 Å². The fourth-order valence-corrected chi connectivity index (χ4v) is 3.06. The van der Waals surface area contributed by atoms with Crippen molar-refractivity contribution in [2.45, 2.75) is 37.7 Å². The molecule has 4 nitrogen and oxygen atoms in total. The third-order valence-electron chi connectivity index (χ3n) is 4.61. The molecule has 0 aliphatic carbocycles. The number of morpholine rings is 1. The zero-order valence-electron chi connectivity index (χ0n) is 15.9. The highest BCUT2D eigenvalue weighted by Crippen LogP contribution is 2.38. The SMILES string of the molecule is C[C@H](O[C@@H]1OCC(=O)N[C@@H]1c1ccc(F)cc1)c1cc(C(F)(F)F)cc(C(F)(F)F)c1. The summed E-state index contributed by atoms with van der Waals surface area (Å²) in [7, 11) is 0. The molecule has 0 saturated carbocycles. The van der Waals surface area contributed by atoms with E-state index in [4.69, 9.17) is 9.47 Å². The number of amides is 1. The van der Waals surface area contributed by atoms with Gasteiger partial charge in [-0.15, -0.1) is 0 Å². The maximum atomic E-state index is 13.2. The Morgan fingerprint density at radius 1 is 1.00 bits per heavy atom. The number of carbonyl (C=O) groups excluding carboxylic acids is 1. The van der Waals surface area contributed by atoms with Crippen molar-refractivity contribution >= 4 is 5.91 Å². The Morgan fingerprint density at radius 2 is 1.55 bits per heavy atom. The van der Waals surface area contributed by atoms with Crippen LogP contribution in [-0.2, 0) is 26.6 Å². The molecule has 0 spiro atoms. The largest absolute Gasteiger partial charge is 0.416 e. The Morgan fingerprint density at radius 3 is 2.06 bits per heavy atom. The summed E-state index contributed by atoms with van der Waals surface area (Å²) in [6, 6.07) is 5.15. The molecule has 11 heteroatoms. The molecular weight excluding hydrogens is 435 g/mol. The summed E-state index contributed by atoms with van der Waals surface area (Å²) in [4.78, 5) is 11.7. The second-order valence-corrected chi connectivity index (χ2v) is 6.89. The van der Waals surface area contributed by atoms with Crippen LogP contribution in [0.2, 0.25) is 0 Å². The molecule has 0 aromatic heterocycles. The first-order valence-corrected chi connectivity index (χ1v) is 8.96. The predicted molar refractivity (Wildman–Crippen MR) is 93.0 cm³/mol. The monoisotopic (exact) mass is 451 g/mol. The highest BCUT2D eigenvalue weighted by Gasteiger charge is 2.38. The number of hydrogen-bond donors (Lipinski definition) is 1. The van der Waals surface area contributed by atoms with Gasteiger partial charge in [0.2, 0.25) is 5.91 Å². The maximum Gasteiger partial charge on any atom is 0.416 e. The molecule has 2 aromatic rings. The highest BCUT2D eigenvalue weighted by atomic mass is 19.4. The summed E-state index contributed by atoms with van der Waals surface area (Å²) in [5.74, 6) is -1.05. The van der Waals surface area contributed by atoms with E-state index in [1.54, 1.807) is 0 Å². The lowest BCUT2D eigenvalue weighted by Gasteiger charge is -2.34. The van der Waals surface area contributed by atoms with Crippen molar-refractivity contribution in [1.82, 2.24) is 5.32 Å². The molecule has 31 heavy (non-hydrogen) atoms. The number of carbonyl (C=O) groups is 1. The van der Waals surface area contributed by atoms with Gasteiger partial charge in [0.05, 0.1) is 17.2 Å². The second kappa shape index (κ2) is 8.46. The Labute approximate surface area is 171 Å². The normalized spacial score (nSPS) is 21.0. The van der Waals surface area contributed by atoms with Crippen LogP contribution < -0.4 is 5.32 Å². The average Bonchev–Trinajstić information content (AvgIpc) is 2.68. The molecule has 0 radical (unpaired) electrons. The van der Waals surface area contributed by atoms with E-state index in [1.807, 2.05) is 0 Å². The number of rotatable bonds is 4. The van der Waals surface area contributed by atoms with Crippen molar-refractivity contribution in [1.29, 1.82) is 0 Å². The lowest BCUT2D eigenvalue weighted by atomic mass is 10.0. The molecule has 1 fully saturated rings. The van der Waals surface area contributed by atoms with Gasteiger partial charge in [-0.1, -0.05) is 12.1 Å². The van der Waals surface area contributed by atoms with Crippen LogP contribution in [0.25, 0.3) is 0 Å². The van der Waals surface area contributed by atoms with Crippen molar-refractivity contribution in [3.63, 3.8) is 0 Å². The average molecular weight is 451 g/mol. The molecule has 0 bridgehead atoms. The zero-order chi connectivity index (χ0) is 23.0. The van der Waals surface area contributed by atoms with E-state index < -0.39 is 60.2 Å². The maximum absolute atomic E-state index is 13.2. The van der Waals surface area contributed by atoms with Gasteiger partial charge in [0, 0.05) is 0 Å². The Balaban J connectivity index is 1.90. The highest BCUT2D eigenvalue weighted by molar-refractivity contribution is 5.78. The third-order valence-corrected chi connectivity index (χ3v) is 4.61. The Kier molecular flexibility index (Phi) is 6.28. The van der Waals surface area contributed by atoms with Gasteiger partial charge in [-0.3, -0.25) is 4.79 Å². The Hall–Kier alpha value is -2.66. The predicted octanol–water partition coefficient (Wildman–Crippen LogP) is 5.15. The van der Waals surface area contributed by atoms with Crippen LogP contribution in [0.4, 0.5) is 30.7 Å². The molecule has 3 rings (SSSR count). The first-order chi connectivity index (χ1) is 14.3. The molecule has 0 unspecified atom stereocenters. The zero-order valence-corrected chi connectivity index (χ0v) is 15.9. The van der Waals surface area contributed by atoms with Gasteiger partial charge in [0.25, 0.3) is 0 Å².